The molecule has 1 fully saturated rings. The van der Waals surface area contributed by atoms with Crippen molar-refractivity contribution >= 4 is 5.96 Å². The van der Waals surface area contributed by atoms with E-state index in [9.17, 15) is 0 Å². The highest BCUT2D eigenvalue weighted by Gasteiger charge is 2.27. The lowest BCUT2D eigenvalue weighted by Crippen LogP contribution is -2.40. The highest BCUT2D eigenvalue weighted by atomic mass is 16.5. The minimum atomic E-state index is 0.112. The summed E-state index contributed by atoms with van der Waals surface area (Å²) in [5.74, 6) is 2.20. The van der Waals surface area contributed by atoms with Gasteiger partial charge in [-0.2, -0.15) is 0 Å². The molecule has 1 aromatic heterocycles. The zero-order valence-corrected chi connectivity index (χ0v) is 18.9. The molecule has 1 aromatic carbocycles. The topological polar surface area (TPSA) is 68.0 Å². The quantitative estimate of drug-likeness (QED) is 0.319. The summed E-state index contributed by atoms with van der Waals surface area (Å²) < 4.78 is 17.0. The maximum atomic E-state index is 6.17. The Kier molecular flexibility index (Phi) is 9.93. The van der Waals surface area contributed by atoms with Gasteiger partial charge in [-0.1, -0.05) is 29.8 Å². The molecule has 0 bridgehead atoms. The van der Waals surface area contributed by atoms with Crippen molar-refractivity contribution in [1.29, 1.82) is 0 Å². The SMILES string of the molecule is CCOCCCNC(=NCC1CCCOC1c1ccc(C)cc1)NCCc1ccco1. The number of benzene rings is 1. The number of guanidine groups is 1. The van der Waals surface area contributed by atoms with Crippen molar-refractivity contribution in [2.45, 2.75) is 45.6 Å². The molecule has 6 nitrogen and oxygen atoms in total. The molecule has 1 saturated heterocycles. The van der Waals surface area contributed by atoms with E-state index in [1.807, 2.05) is 19.1 Å². The Hall–Kier alpha value is -2.31. The van der Waals surface area contributed by atoms with E-state index < -0.39 is 0 Å². The summed E-state index contributed by atoms with van der Waals surface area (Å²) in [5.41, 5.74) is 2.52. The number of hydrogen-bond acceptors (Lipinski definition) is 4. The molecule has 0 amide bonds. The number of nitrogens with one attached hydrogen (secondary N) is 2. The Balaban J connectivity index is 1.58. The van der Waals surface area contributed by atoms with E-state index in [4.69, 9.17) is 18.9 Å². The lowest BCUT2D eigenvalue weighted by Gasteiger charge is -2.31. The highest BCUT2D eigenvalue weighted by molar-refractivity contribution is 5.79. The molecule has 31 heavy (non-hydrogen) atoms. The average Bonchev–Trinajstić information content (AvgIpc) is 3.31. The Bertz CT molecular complexity index is 759. The normalized spacial score (nSPS) is 19.4. The summed E-state index contributed by atoms with van der Waals surface area (Å²) in [5, 5.41) is 6.90. The third-order valence-corrected chi connectivity index (χ3v) is 5.54. The fourth-order valence-corrected chi connectivity index (χ4v) is 3.82. The van der Waals surface area contributed by atoms with Gasteiger partial charge >= 0.3 is 0 Å². The van der Waals surface area contributed by atoms with Crippen LogP contribution in [0.3, 0.4) is 0 Å². The maximum absolute atomic E-state index is 6.17. The smallest absolute Gasteiger partial charge is 0.191 e. The largest absolute Gasteiger partial charge is 0.469 e. The second-order valence-electron chi connectivity index (χ2n) is 8.03. The van der Waals surface area contributed by atoms with Crippen LogP contribution >= 0.6 is 0 Å². The van der Waals surface area contributed by atoms with E-state index in [1.54, 1.807) is 6.26 Å². The van der Waals surface area contributed by atoms with Crippen LogP contribution in [0.2, 0.25) is 0 Å². The number of aryl methyl sites for hydroxylation is 1. The average molecular weight is 428 g/mol. The zero-order chi connectivity index (χ0) is 21.7. The highest BCUT2D eigenvalue weighted by Crippen LogP contribution is 2.33. The molecule has 2 heterocycles. The molecule has 1 aliphatic heterocycles. The molecule has 0 spiro atoms. The lowest BCUT2D eigenvalue weighted by atomic mass is 9.89. The third kappa shape index (κ3) is 8.04. The first-order valence-electron chi connectivity index (χ1n) is 11.6. The van der Waals surface area contributed by atoms with Crippen LogP contribution in [-0.2, 0) is 15.9 Å². The van der Waals surface area contributed by atoms with Crippen LogP contribution in [0.1, 0.15) is 49.2 Å². The van der Waals surface area contributed by atoms with E-state index in [1.165, 1.54) is 11.1 Å². The van der Waals surface area contributed by atoms with Gasteiger partial charge in [0.1, 0.15) is 5.76 Å². The summed E-state index contributed by atoms with van der Waals surface area (Å²) in [7, 11) is 0. The standard InChI is InChI=1S/C25H37N3O3/c1-3-29-16-6-14-26-25(27-15-13-23-8-5-17-30-23)28-19-22-7-4-18-31-24(22)21-11-9-20(2)10-12-21/h5,8-12,17,22,24H,3-4,6-7,13-16,18-19H2,1-2H3,(H2,26,27,28). The van der Waals surface area contributed by atoms with Gasteiger partial charge in [0.25, 0.3) is 0 Å². The van der Waals surface area contributed by atoms with Gasteiger partial charge < -0.3 is 24.5 Å². The van der Waals surface area contributed by atoms with Crippen molar-refractivity contribution in [3.8, 4) is 0 Å². The summed E-state index contributed by atoms with van der Waals surface area (Å²) in [4.78, 5) is 4.92. The van der Waals surface area contributed by atoms with Crippen molar-refractivity contribution in [2.24, 2.45) is 10.9 Å². The molecule has 0 aliphatic carbocycles. The Morgan fingerprint density at radius 3 is 2.77 bits per heavy atom. The fraction of sp³-hybridized carbons (Fsp3) is 0.560. The van der Waals surface area contributed by atoms with Crippen molar-refractivity contribution in [3.05, 3.63) is 59.5 Å². The Morgan fingerprint density at radius 2 is 2.00 bits per heavy atom. The van der Waals surface area contributed by atoms with Gasteiger partial charge in [0.2, 0.25) is 0 Å². The molecule has 2 N–H and O–H groups in total. The minimum absolute atomic E-state index is 0.112. The zero-order valence-electron chi connectivity index (χ0n) is 18.9. The van der Waals surface area contributed by atoms with Gasteiger partial charge in [0.15, 0.2) is 5.96 Å². The van der Waals surface area contributed by atoms with Gasteiger partial charge in [-0.05, 0) is 50.8 Å². The summed E-state index contributed by atoms with van der Waals surface area (Å²) >= 11 is 0. The summed E-state index contributed by atoms with van der Waals surface area (Å²) in [6.45, 7) is 8.81. The lowest BCUT2D eigenvalue weighted by molar-refractivity contribution is -0.0250. The predicted octanol–water partition coefficient (Wildman–Crippen LogP) is 4.26. The molecule has 2 aromatic rings. The second-order valence-corrected chi connectivity index (χ2v) is 8.03. The van der Waals surface area contributed by atoms with Crippen LogP contribution in [0.25, 0.3) is 0 Å². The van der Waals surface area contributed by atoms with E-state index in [0.29, 0.717) is 5.92 Å². The summed E-state index contributed by atoms with van der Waals surface area (Å²) in [6, 6.07) is 12.6. The molecule has 0 radical (unpaired) electrons. The van der Waals surface area contributed by atoms with Crippen LogP contribution in [-0.4, -0.2) is 45.4 Å². The molecule has 170 valence electrons. The maximum Gasteiger partial charge on any atom is 0.191 e. The van der Waals surface area contributed by atoms with Gasteiger partial charge in [0, 0.05) is 51.8 Å². The Morgan fingerprint density at radius 1 is 1.16 bits per heavy atom. The number of hydrogen-bond donors (Lipinski definition) is 2. The van der Waals surface area contributed by atoms with Crippen LogP contribution in [0.5, 0.6) is 0 Å². The van der Waals surface area contributed by atoms with Gasteiger partial charge in [-0.3, -0.25) is 4.99 Å². The number of furan rings is 1. The van der Waals surface area contributed by atoms with Crippen molar-refractivity contribution in [3.63, 3.8) is 0 Å². The van der Waals surface area contributed by atoms with E-state index in [0.717, 1.165) is 76.9 Å². The second kappa shape index (κ2) is 13.2. The Labute approximate surface area is 186 Å². The van der Waals surface area contributed by atoms with Crippen LogP contribution in [0.4, 0.5) is 0 Å². The first-order chi connectivity index (χ1) is 15.3. The number of rotatable bonds is 11. The van der Waals surface area contributed by atoms with Crippen LogP contribution < -0.4 is 10.6 Å². The molecular formula is C25H37N3O3. The van der Waals surface area contributed by atoms with E-state index >= 15 is 0 Å². The van der Waals surface area contributed by atoms with Gasteiger partial charge in [-0.25, -0.2) is 0 Å². The number of ether oxygens (including phenoxy) is 2. The summed E-state index contributed by atoms with van der Waals surface area (Å²) in [6.07, 6.45) is 5.82. The van der Waals surface area contributed by atoms with Crippen molar-refractivity contribution in [2.75, 3.05) is 39.5 Å². The monoisotopic (exact) mass is 427 g/mol. The number of nitrogens with zero attached hydrogens (tertiary/aromatic N) is 1. The van der Waals surface area contributed by atoms with Gasteiger partial charge in [-0.15, -0.1) is 0 Å². The fourth-order valence-electron chi connectivity index (χ4n) is 3.82. The number of aliphatic imine (C=N–C) groups is 1. The first kappa shape index (κ1) is 23.4. The van der Waals surface area contributed by atoms with Crippen LogP contribution in [0, 0.1) is 12.8 Å². The molecule has 2 unspecified atom stereocenters. The molecule has 1 aliphatic rings. The first-order valence-corrected chi connectivity index (χ1v) is 11.6. The van der Waals surface area contributed by atoms with E-state index in [-0.39, 0.29) is 6.10 Å². The van der Waals surface area contributed by atoms with E-state index in [2.05, 4.69) is 41.8 Å². The van der Waals surface area contributed by atoms with Gasteiger partial charge in [0.05, 0.1) is 12.4 Å². The molecule has 3 rings (SSSR count). The van der Waals surface area contributed by atoms with Crippen LogP contribution in [0.15, 0.2) is 52.1 Å². The molecule has 2 atom stereocenters. The van der Waals surface area contributed by atoms with Crippen molar-refractivity contribution < 1.29 is 13.9 Å². The minimum Gasteiger partial charge on any atom is -0.469 e. The third-order valence-electron chi connectivity index (χ3n) is 5.54. The molecular weight excluding hydrogens is 390 g/mol. The molecule has 0 saturated carbocycles. The molecule has 6 heteroatoms. The predicted molar refractivity (Wildman–Crippen MR) is 124 cm³/mol. The van der Waals surface area contributed by atoms with Crippen molar-refractivity contribution in [1.82, 2.24) is 10.6 Å².